The maximum atomic E-state index is 4.77. The molecule has 1 aliphatic heterocycles. The van der Waals surface area contributed by atoms with Gasteiger partial charge in [-0.1, -0.05) is 19.3 Å². The molecule has 1 aliphatic rings. The van der Waals surface area contributed by atoms with Crippen molar-refractivity contribution in [1.29, 1.82) is 0 Å². The number of aromatic nitrogens is 4. The summed E-state index contributed by atoms with van der Waals surface area (Å²) in [5, 5.41) is 3.30. The lowest BCUT2D eigenvalue weighted by atomic mass is 10.1. The van der Waals surface area contributed by atoms with Gasteiger partial charge in [0.2, 0.25) is 11.9 Å². The summed E-state index contributed by atoms with van der Waals surface area (Å²) < 4.78 is 0. The van der Waals surface area contributed by atoms with Crippen LogP contribution in [0.5, 0.6) is 0 Å². The van der Waals surface area contributed by atoms with Crippen molar-refractivity contribution in [1.82, 2.24) is 19.9 Å². The Balaban J connectivity index is 1.71. The molecule has 0 bridgehead atoms. The SMILES string of the molecule is Cc1nc(N2CCCCCCC2)ncc1[C@H](C)Nc1ncccn1. The summed E-state index contributed by atoms with van der Waals surface area (Å²) in [6, 6.07) is 1.87. The topological polar surface area (TPSA) is 66.8 Å². The lowest BCUT2D eigenvalue weighted by Gasteiger charge is -2.25. The molecule has 128 valence electrons. The van der Waals surface area contributed by atoms with Gasteiger partial charge >= 0.3 is 0 Å². The van der Waals surface area contributed by atoms with Crippen molar-refractivity contribution < 1.29 is 0 Å². The van der Waals surface area contributed by atoms with Crippen molar-refractivity contribution in [3.05, 3.63) is 35.9 Å². The molecular weight excluding hydrogens is 300 g/mol. The van der Waals surface area contributed by atoms with Gasteiger partial charge in [-0.2, -0.15) is 0 Å². The largest absolute Gasteiger partial charge is 0.348 e. The molecule has 0 aliphatic carbocycles. The van der Waals surface area contributed by atoms with Crippen LogP contribution in [0.1, 0.15) is 56.3 Å². The van der Waals surface area contributed by atoms with Crippen LogP contribution in [0.2, 0.25) is 0 Å². The summed E-state index contributed by atoms with van der Waals surface area (Å²) in [5.74, 6) is 1.48. The van der Waals surface area contributed by atoms with Gasteiger partial charge in [0.05, 0.1) is 6.04 Å². The fraction of sp³-hybridized carbons (Fsp3) is 0.556. The average molecular weight is 326 g/mol. The molecule has 6 nitrogen and oxygen atoms in total. The standard InChI is InChI=1S/C18H26N6/c1-14(22-17-19-9-8-10-20-17)16-13-21-18(23-15(16)2)24-11-6-4-3-5-7-12-24/h8-10,13-14H,3-7,11-12H2,1-2H3,(H,19,20,22)/t14-/m0/s1. The van der Waals surface area contributed by atoms with Crippen LogP contribution >= 0.6 is 0 Å². The molecule has 1 fully saturated rings. The Morgan fingerprint density at radius 3 is 2.33 bits per heavy atom. The predicted molar refractivity (Wildman–Crippen MR) is 96.1 cm³/mol. The van der Waals surface area contributed by atoms with Crippen molar-refractivity contribution in [2.45, 2.75) is 52.0 Å². The first kappa shape index (κ1) is 16.6. The minimum atomic E-state index is 0.0637. The minimum absolute atomic E-state index is 0.0637. The molecule has 3 heterocycles. The second kappa shape index (κ2) is 8.04. The van der Waals surface area contributed by atoms with Gasteiger partial charge in [0.15, 0.2) is 0 Å². The quantitative estimate of drug-likeness (QED) is 0.927. The smallest absolute Gasteiger partial charge is 0.225 e. The van der Waals surface area contributed by atoms with Gasteiger partial charge in [-0.25, -0.2) is 19.9 Å². The zero-order chi connectivity index (χ0) is 16.8. The van der Waals surface area contributed by atoms with Gasteiger partial charge < -0.3 is 10.2 Å². The van der Waals surface area contributed by atoms with E-state index in [-0.39, 0.29) is 6.04 Å². The van der Waals surface area contributed by atoms with Crippen LogP contribution in [-0.2, 0) is 0 Å². The second-order valence-electron chi connectivity index (χ2n) is 6.40. The van der Waals surface area contributed by atoms with E-state index in [4.69, 9.17) is 4.98 Å². The molecule has 6 heteroatoms. The molecule has 0 spiro atoms. The molecule has 2 aromatic rings. The van der Waals surface area contributed by atoms with Crippen molar-refractivity contribution in [2.24, 2.45) is 0 Å². The first-order valence-corrected chi connectivity index (χ1v) is 8.86. The number of hydrogen-bond acceptors (Lipinski definition) is 6. The van der Waals surface area contributed by atoms with E-state index in [1.807, 2.05) is 12.3 Å². The van der Waals surface area contributed by atoms with E-state index < -0.39 is 0 Å². The van der Waals surface area contributed by atoms with E-state index in [0.717, 1.165) is 30.3 Å². The van der Waals surface area contributed by atoms with Gasteiger partial charge in [0, 0.05) is 42.9 Å². The lowest BCUT2D eigenvalue weighted by molar-refractivity contribution is 0.550. The Bertz CT molecular complexity index is 637. The van der Waals surface area contributed by atoms with E-state index in [0.29, 0.717) is 5.95 Å². The number of aryl methyl sites for hydroxylation is 1. The molecule has 0 amide bonds. The molecule has 0 radical (unpaired) electrons. The number of nitrogens with one attached hydrogen (secondary N) is 1. The summed E-state index contributed by atoms with van der Waals surface area (Å²) in [7, 11) is 0. The molecule has 1 N–H and O–H groups in total. The molecule has 0 saturated carbocycles. The van der Waals surface area contributed by atoms with E-state index in [2.05, 4.69) is 39.0 Å². The van der Waals surface area contributed by atoms with Gasteiger partial charge in [-0.05, 0) is 32.8 Å². The van der Waals surface area contributed by atoms with Gasteiger partial charge in [-0.15, -0.1) is 0 Å². The summed E-state index contributed by atoms with van der Waals surface area (Å²) in [5.41, 5.74) is 2.09. The van der Waals surface area contributed by atoms with Gasteiger partial charge in [0.1, 0.15) is 0 Å². The monoisotopic (exact) mass is 326 g/mol. The summed E-state index contributed by atoms with van der Waals surface area (Å²) in [4.78, 5) is 20.2. The van der Waals surface area contributed by atoms with Crippen LogP contribution < -0.4 is 10.2 Å². The maximum Gasteiger partial charge on any atom is 0.225 e. The zero-order valence-electron chi connectivity index (χ0n) is 14.6. The Labute approximate surface area is 143 Å². The third kappa shape index (κ3) is 4.19. The number of anilines is 2. The van der Waals surface area contributed by atoms with Gasteiger partial charge in [0.25, 0.3) is 0 Å². The van der Waals surface area contributed by atoms with E-state index in [1.165, 1.54) is 32.1 Å². The predicted octanol–water partition coefficient (Wildman–Crippen LogP) is 3.52. The van der Waals surface area contributed by atoms with Crippen LogP contribution in [0.4, 0.5) is 11.9 Å². The van der Waals surface area contributed by atoms with Crippen LogP contribution in [0.15, 0.2) is 24.7 Å². The summed E-state index contributed by atoms with van der Waals surface area (Å²) in [6.45, 7) is 6.25. The van der Waals surface area contributed by atoms with E-state index in [9.17, 15) is 0 Å². The Hall–Kier alpha value is -2.24. The highest BCUT2D eigenvalue weighted by Gasteiger charge is 2.16. The fourth-order valence-corrected chi connectivity index (χ4v) is 3.13. The zero-order valence-corrected chi connectivity index (χ0v) is 14.6. The third-order valence-corrected chi connectivity index (χ3v) is 4.52. The van der Waals surface area contributed by atoms with Crippen LogP contribution in [0, 0.1) is 6.92 Å². The van der Waals surface area contributed by atoms with Crippen molar-refractivity contribution in [3.8, 4) is 0 Å². The van der Waals surface area contributed by atoms with Crippen molar-refractivity contribution in [2.75, 3.05) is 23.3 Å². The molecule has 24 heavy (non-hydrogen) atoms. The van der Waals surface area contributed by atoms with Crippen molar-refractivity contribution in [3.63, 3.8) is 0 Å². The number of nitrogens with zero attached hydrogens (tertiary/aromatic N) is 5. The third-order valence-electron chi connectivity index (χ3n) is 4.52. The highest BCUT2D eigenvalue weighted by Crippen LogP contribution is 2.21. The first-order valence-electron chi connectivity index (χ1n) is 8.86. The Morgan fingerprint density at radius 1 is 1.00 bits per heavy atom. The Kier molecular flexibility index (Phi) is 5.56. The molecule has 2 aromatic heterocycles. The van der Waals surface area contributed by atoms with E-state index in [1.54, 1.807) is 12.4 Å². The maximum absolute atomic E-state index is 4.77. The number of hydrogen-bond donors (Lipinski definition) is 1. The highest BCUT2D eigenvalue weighted by atomic mass is 15.2. The molecule has 0 aromatic carbocycles. The van der Waals surface area contributed by atoms with Crippen molar-refractivity contribution >= 4 is 11.9 Å². The number of rotatable bonds is 4. The summed E-state index contributed by atoms with van der Waals surface area (Å²) >= 11 is 0. The second-order valence-corrected chi connectivity index (χ2v) is 6.40. The first-order chi connectivity index (χ1) is 11.7. The van der Waals surface area contributed by atoms with Gasteiger partial charge in [-0.3, -0.25) is 0 Å². The minimum Gasteiger partial charge on any atom is -0.348 e. The average Bonchev–Trinajstić information content (AvgIpc) is 2.55. The summed E-state index contributed by atoms with van der Waals surface area (Å²) in [6.07, 6.45) is 11.8. The normalized spacial score (nSPS) is 17.0. The molecule has 1 saturated heterocycles. The molecular formula is C18H26N6. The Morgan fingerprint density at radius 2 is 1.67 bits per heavy atom. The molecule has 1 atom stereocenters. The fourth-order valence-electron chi connectivity index (χ4n) is 3.13. The molecule has 3 rings (SSSR count). The van der Waals surface area contributed by atoms with E-state index >= 15 is 0 Å². The van der Waals surface area contributed by atoms with Crippen LogP contribution in [0.3, 0.4) is 0 Å². The highest BCUT2D eigenvalue weighted by molar-refractivity contribution is 5.37. The lowest BCUT2D eigenvalue weighted by Crippen LogP contribution is -2.29. The van der Waals surface area contributed by atoms with Crippen LogP contribution in [0.25, 0.3) is 0 Å². The molecule has 0 unspecified atom stereocenters. The van der Waals surface area contributed by atoms with Crippen LogP contribution in [-0.4, -0.2) is 33.0 Å².